The second-order valence-corrected chi connectivity index (χ2v) is 7.78. The Kier molecular flexibility index (Phi) is 6.55. The standard InChI is InChI=1S/C18H23N3O3S/c1-20(2)25(23,24)21(17-11-7-4-8-12-17)15-18(22)19-14-13-16-9-5-3-6-10-16/h3-12H,13-15H2,1-2H3,(H,19,22). The third-order valence-electron chi connectivity index (χ3n) is 3.65. The number of carbonyl (C=O) groups is 1. The Hall–Kier alpha value is -2.38. The van der Waals surface area contributed by atoms with Crippen LogP contribution in [0, 0.1) is 0 Å². The zero-order chi connectivity index (χ0) is 18.3. The van der Waals surface area contributed by atoms with Gasteiger partial charge in [-0.15, -0.1) is 0 Å². The van der Waals surface area contributed by atoms with E-state index in [0.29, 0.717) is 18.7 Å². The number of carbonyl (C=O) groups excluding carboxylic acids is 1. The van der Waals surface area contributed by atoms with Crippen LogP contribution in [0.15, 0.2) is 60.7 Å². The molecule has 0 aliphatic rings. The lowest BCUT2D eigenvalue weighted by molar-refractivity contribution is -0.119. The van der Waals surface area contributed by atoms with Crippen LogP contribution in [0.2, 0.25) is 0 Å². The highest BCUT2D eigenvalue weighted by Gasteiger charge is 2.26. The predicted octanol–water partition coefficient (Wildman–Crippen LogP) is 1.66. The molecule has 0 atom stereocenters. The average Bonchev–Trinajstić information content (AvgIpc) is 2.61. The summed E-state index contributed by atoms with van der Waals surface area (Å²) < 4.78 is 27.3. The van der Waals surface area contributed by atoms with Crippen molar-refractivity contribution in [3.8, 4) is 0 Å². The summed E-state index contributed by atoms with van der Waals surface area (Å²) >= 11 is 0. The summed E-state index contributed by atoms with van der Waals surface area (Å²) in [7, 11) is -0.872. The van der Waals surface area contributed by atoms with Crippen molar-refractivity contribution in [3.63, 3.8) is 0 Å². The van der Waals surface area contributed by atoms with E-state index in [-0.39, 0.29) is 12.5 Å². The number of para-hydroxylation sites is 1. The normalized spacial score (nSPS) is 11.3. The molecule has 0 saturated heterocycles. The van der Waals surface area contributed by atoms with E-state index in [1.165, 1.54) is 14.1 Å². The quantitative estimate of drug-likeness (QED) is 0.777. The highest BCUT2D eigenvalue weighted by atomic mass is 32.2. The lowest BCUT2D eigenvalue weighted by Crippen LogP contribution is -2.46. The number of hydrogen-bond acceptors (Lipinski definition) is 3. The van der Waals surface area contributed by atoms with Crippen LogP contribution in [-0.2, 0) is 21.4 Å². The highest BCUT2D eigenvalue weighted by molar-refractivity contribution is 7.90. The molecule has 0 unspecified atom stereocenters. The molecular formula is C18H23N3O3S. The summed E-state index contributed by atoms with van der Waals surface area (Å²) in [6.45, 7) is 0.187. The second kappa shape index (κ2) is 8.64. The minimum absolute atomic E-state index is 0.265. The van der Waals surface area contributed by atoms with Crippen LogP contribution in [-0.4, -0.2) is 45.8 Å². The van der Waals surface area contributed by atoms with Gasteiger partial charge in [-0.05, 0) is 24.1 Å². The summed E-state index contributed by atoms with van der Waals surface area (Å²) in [5.41, 5.74) is 1.57. The summed E-state index contributed by atoms with van der Waals surface area (Å²) in [6, 6.07) is 18.4. The fraction of sp³-hybridized carbons (Fsp3) is 0.278. The van der Waals surface area contributed by atoms with Crippen LogP contribution in [0.1, 0.15) is 5.56 Å². The topological polar surface area (TPSA) is 69.7 Å². The van der Waals surface area contributed by atoms with Gasteiger partial charge in [-0.1, -0.05) is 48.5 Å². The summed E-state index contributed by atoms with van der Waals surface area (Å²) in [5, 5.41) is 2.78. The molecule has 0 heterocycles. The average molecular weight is 361 g/mol. The third-order valence-corrected chi connectivity index (χ3v) is 5.47. The SMILES string of the molecule is CN(C)S(=O)(=O)N(CC(=O)NCCc1ccccc1)c1ccccc1. The van der Waals surface area contributed by atoms with Crippen LogP contribution >= 0.6 is 0 Å². The molecule has 0 radical (unpaired) electrons. The fourth-order valence-corrected chi connectivity index (χ4v) is 3.34. The molecule has 2 aromatic rings. The molecule has 25 heavy (non-hydrogen) atoms. The summed E-state index contributed by atoms with van der Waals surface area (Å²) in [4.78, 5) is 12.3. The van der Waals surface area contributed by atoms with Gasteiger partial charge in [0.05, 0.1) is 5.69 Å². The number of hydrogen-bond donors (Lipinski definition) is 1. The number of rotatable bonds is 8. The second-order valence-electron chi connectivity index (χ2n) is 5.72. The molecule has 134 valence electrons. The molecule has 1 amide bonds. The Morgan fingerprint density at radius 2 is 1.52 bits per heavy atom. The molecule has 2 rings (SSSR count). The van der Waals surface area contributed by atoms with Gasteiger partial charge >= 0.3 is 10.2 Å². The van der Waals surface area contributed by atoms with Gasteiger partial charge in [0.2, 0.25) is 5.91 Å². The molecular weight excluding hydrogens is 338 g/mol. The van der Waals surface area contributed by atoms with E-state index in [1.54, 1.807) is 30.3 Å². The Morgan fingerprint density at radius 1 is 0.960 bits per heavy atom. The first-order valence-electron chi connectivity index (χ1n) is 7.97. The molecule has 0 saturated carbocycles. The van der Waals surface area contributed by atoms with Crippen LogP contribution < -0.4 is 9.62 Å². The summed E-state index contributed by atoms with van der Waals surface area (Å²) in [5.74, 6) is -0.342. The minimum Gasteiger partial charge on any atom is -0.354 e. The van der Waals surface area contributed by atoms with Crippen molar-refractivity contribution in [3.05, 3.63) is 66.2 Å². The first kappa shape index (κ1) is 19.0. The third kappa shape index (κ3) is 5.30. The zero-order valence-corrected chi connectivity index (χ0v) is 15.2. The van der Waals surface area contributed by atoms with Gasteiger partial charge < -0.3 is 5.32 Å². The first-order valence-corrected chi connectivity index (χ1v) is 9.37. The number of nitrogens with zero attached hydrogens (tertiary/aromatic N) is 2. The monoisotopic (exact) mass is 361 g/mol. The van der Waals surface area contributed by atoms with E-state index in [2.05, 4.69) is 5.32 Å². The van der Waals surface area contributed by atoms with E-state index in [0.717, 1.165) is 14.2 Å². The molecule has 2 aromatic carbocycles. The van der Waals surface area contributed by atoms with Crippen LogP contribution in [0.25, 0.3) is 0 Å². The van der Waals surface area contributed by atoms with E-state index in [1.807, 2.05) is 30.3 Å². The van der Waals surface area contributed by atoms with Gasteiger partial charge in [0.1, 0.15) is 6.54 Å². The molecule has 1 N–H and O–H groups in total. The maximum Gasteiger partial charge on any atom is 0.304 e. The highest BCUT2D eigenvalue weighted by Crippen LogP contribution is 2.18. The van der Waals surface area contributed by atoms with Crippen LogP contribution in [0.4, 0.5) is 5.69 Å². The first-order chi connectivity index (χ1) is 11.9. The zero-order valence-electron chi connectivity index (χ0n) is 14.4. The molecule has 0 aliphatic carbocycles. The van der Waals surface area contributed by atoms with E-state index in [4.69, 9.17) is 0 Å². The smallest absolute Gasteiger partial charge is 0.304 e. The van der Waals surface area contributed by atoms with Crippen molar-refractivity contribution < 1.29 is 13.2 Å². The van der Waals surface area contributed by atoms with Crippen LogP contribution in [0.5, 0.6) is 0 Å². The molecule has 0 aromatic heterocycles. The summed E-state index contributed by atoms with van der Waals surface area (Å²) in [6.07, 6.45) is 0.693. The number of anilines is 1. The lowest BCUT2D eigenvalue weighted by Gasteiger charge is -2.26. The van der Waals surface area contributed by atoms with Crippen molar-refractivity contribution in [2.45, 2.75) is 6.42 Å². The predicted molar refractivity (Wildman–Crippen MR) is 99.6 cm³/mol. The van der Waals surface area contributed by atoms with Gasteiger partial charge in [0.15, 0.2) is 0 Å². The van der Waals surface area contributed by atoms with Crippen LogP contribution in [0.3, 0.4) is 0 Å². The number of benzene rings is 2. The molecule has 7 heteroatoms. The van der Waals surface area contributed by atoms with Gasteiger partial charge in [0, 0.05) is 20.6 Å². The van der Waals surface area contributed by atoms with Crippen molar-refractivity contribution >= 4 is 21.8 Å². The van der Waals surface area contributed by atoms with Gasteiger partial charge in [-0.25, -0.2) is 4.31 Å². The van der Waals surface area contributed by atoms with Gasteiger partial charge in [-0.3, -0.25) is 4.79 Å². The van der Waals surface area contributed by atoms with Crippen molar-refractivity contribution in [1.82, 2.24) is 9.62 Å². The Labute approximate surface area is 149 Å². The maximum absolute atomic E-state index is 12.5. The molecule has 6 nitrogen and oxygen atoms in total. The Balaban J connectivity index is 2.03. The Bertz CT molecular complexity index is 778. The molecule has 0 fully saturated rings. The van der Waals surface area contributed by atoms with Gasteiger partial charge in [-0.2, -0.15) is 12.7 Å². The van der Waals surface area contributed by atoms with E-state index >= 15 is 0 Å². The lowest BCUT2D eigenvalue weighted by atomic mass is 10.1. The maximum atomic E-state index is 12.5. The fourth-order valence-electron chi connectivity index (χ4n) is 2.27. The van der Waals surface area contributed by atoms with E-state index in [9.17, 15) is 13.2 Å². The van der Waals surface area contributed by atoms with Crippen molar-refractivity contribution in [2.24, 2.45) is 0 Å². The van der Waals surface area contributed by atoms with Crippen molar-refractivity contribution in [1.29, 1.82) is 0 Å². The molecule has 0 spiro atoms. The number of amides is 1. The minimum atomic E-state index is -3.76. The van der Waals surface area contributed by atoms with E-state index < -0.39 is 10.2 Å². The Morgan fingerprint density at radius 3 is 2.08 bits per heavy atom. The molecule has 0 bridgehead atoms. The number of nitrogens with one attached hydrogen (secondary N) is 1. The van der Waals surface area contributed by atoms with Crippen molar-refractivity contribution in [2.75, 3.05) is 31.5 Å². The largest absolute Gasteiger partial charge is 0.354 e. The molecule has 0 aliphatic heterocycles. The van der Waals surface area contributed by atoms with Gasteiger partial charge in [0.25, 0.3) is 0 Å².